The van der Waals surface area contributed by atoms with E-state index >= 15 is 0 Å². The molecule has 1 aromatic heterocycles. The van der Waals surface area contributed by atoms with Gasteiger partial charge < -0.3 is 13.9 Å². The van der Waals surface area contributed by atoms with Crippen LogP contribution in [0.3, 0.4) is 0 Å². The average Bonchev–Trinajstić information content (AvgIpc) is 2.75. The Labute approximate surface area is 169 Å². The van der Waals surface area contributed by atoms with E-state index in [4.69, 9.17) is 13.9 Å². The molecule has 5 heteroatoms. The van der Waals surface area contributed by atoms with E-state index in [0.717, 1.165) is 72.3 Å². The van der Waals surface area contributed by atoms with E-state index in [1.54, 1.807) is 7.11 Å². The first-order valence-electron chi connectivity index (χ1n) is 10.2. The second kappa shape index (κ2) is 7.23. The van der Waals surface area contributed by atoms with E-state index in [1.807, 2.05) is 19.1 Å². The summed E-state index contributed by atoms with van der Waals surface area (Å²) < 4.78 is 17.1. The van der Waals surface area contributed by atoms with E-state index in [-0.39, 0.29) is 5.63 Å². The highest BCUT2D eigenvalue weighted by molar-refractivity contribution is 5.87. The fourth-order valence-electron chi connectivity index (χ4n) is 4.64. The fourth-order valence-corrected chi connectivity index (χ4v) is 4.64. The summed E-state index contributed by atoms with van der Waals surface area (Å²) in [5.41, 5.74) is 5.89. The third-order valence-corrected chi connectivity index (χ3v) is 6.12. The van der Waals surface area contributed by atoms with Crippen molar-refractivity contribution in [1.29, 1.82) is 0 Å². The van der Waals surface area contributed by atoms with Crippen LogP contribution in [0.2, 0.25) is 0 Å². The molecular formula is C24H25NO4. The highest BCUT2D eigenvalue weighted by atomic mass is 16.5. The molecule has 0 bridgehead atoms. The summed E-state index contributed by atoms with van der Waals surface area (Å²) in [5.74, 6) is 1.73. The van der Waals surface area contributed by atoms with Gasteiger partial charge in [-0.05, 0) is 61.9 Å². The van der Waals surface area contributed by atoms with Crippen LogP contribution in [0.4, 0.5) is 0 Å². The van der Waals surface area contributed by atoms with Crippen LogP contribution < -0.4 is 15.1 Å². The minimum Gasteiger partial charge on any atom is -0.497 e. The first kappa shape index (κ1) is 18.3. The van der Waals surface area contributed by atoms with Crippen molar-refractivity contribution in [1.82, 2.24) is 4.90 Å². The van der Waals surface area contributed by atoms with E-state index in [0.29, 0.717) is 12.3 Å². The standard InChI is InChI=1S/C24H25NO4/c1-15-22-17(11-21-19-5-3-4-6-20(19)24(26)29-23(15)21)13-25(14-28-22)12-16-7-9-18(27-2)10-8-16/h7-11H,3-6,12-14H2,1-2H3. The fraction of sp³-hybridized carbons (Fsp3) is 0.375. The second-order valence-electron chi connectivity index (χ2n) is 8.03. The topological polar surface area (TPSA) is 51.9 Å². The Morgan fingerprint density at radius 1 is 1.10 bits per heavy atom. The van der Waals surface area contributed by atoms with Gasteiger partial charge in [-0.2, -0.15) is 0 Å². The molecule has 0 spiro atoms. The van der Waals surface area contributed by atoms with Gasteiger partial charge in [-0.15, -0.1) is 0 Å². The monoisotopic (exact) mass is 391 g/mol. The van der Waals surface area contributed by atoms with E-state index < -0.39 is 0 Å². The van der Waals surface area contributed by atoms with Crippen LogP contribution in [0, 0.1) is 6.92 Å². The Balaban J connectivity index is 1.50. The summed E-state index contributed by atoms with van der Waals surface area (Å²) in [6.45, 7) is 4.13. The maximum atomic E-state index is 12.5. The average molecular weight is 391 g/mol. The lowest BCUT2D eigenvalue weighted by atomic mass is 9.89. The third-order valence-electron chi connectivity index (χ3n) is 6.12. The lowest BCUT2D eigenvalue weighted by molar-refractivity contribution is 0.0881. The first-order chi connectivity index (χ1) is 14.1. The zero-order valence-corrected chi connectivity index (χ0v) is 16.9. The molecule has 0 saturated heterocycles. The Hall–Kier alpha value is -2.79. The van der Waals surface area contributed by atoms with E-state index in [2.05, 4.69) is 23.1 Å². The number of methoxy groups -OCH3 is 1. The number of fused-ring (bicyclic) bond motifs is 4. The molecule has 1 aliphatic heterocycles. The lowest BCUT2D eigenvalue weighted by Crippen LogP contribution is -2.32. The van der Waals surface area contributed by atoms with Crippen molar-refractivity contribution in [3.05, 3.63) is 68.6 Å². The third kappa shape index (κ3) is 3.19. The smallest absolute Gasteiger partial charge is 0.339 e. The van der Waals surface area contributed by atoms with Gasteiger partial charge in [0.05, 0.1) is 7.11 Å². The summed E-state index contributed by atoms with van der Waals surface area (Å²) in [5, 5.41) is 1.09. The van der Waals surface area contributed by atoms with Crippen molar-refractivity contribution in [3.63, 3.8) is 0 Å². The van der Waals surface area contributed by atoms with Gasteiger partial charge in [0.2, 0.25) is 0 Å². The molecule has 2 aliphatic rings. The Bertz CT molecular complexity index is 1130. The van der Waals surface area contributed by atoms with Crippen molar-refractivity contribution in [2.24, 2.45) is 0 Å². The SMILES string of the molecule is COc1ccc(CN2COc3c(cc4c5c(c(=O)oc4c3C)CCCC5)C2)cc1. The lowest BCUT2D eigenvalue weighted by Gasteiger charge is -2.30. The van der Waals surface area contributed by atoms with Gasteiger partial charge in [-0.3, -0.25) is 4.90 Å². The quantitative estimate of drug-likeness (QED) is 0.622. The molecule has 1 aliphatic carbocycles. The van der Waals surface area contributed by atoms with Crippen LogP contribution in [0.5, 0.6) is 11.5 Å². The normalized spacial score (nSPS) is 16.2. The molecule has 5 rings (SSSR count). The van der Waals surface area contributed by atoms with Gasteiger partial charge in [0.15, 0.2) is 0 Å². The van der Waals surface area contributed by atoms with Crippen molar-refractivity contribution in [3.8, 4) is 11.5 Å². The maximum absolute atomic E-state index is 12.5. The van der Waals surface area contributed by atoms with Gasteiger partial charge in [0.1, 0.15) is 23.8 Å². The molecule has 2 heterocycles. The summed E-state index contributed by atoms with van der Waals surface area (Å²) in [6.07, 6.45) is 3.96. The molecule has 150 valence electrons. The Morgan fingerprint density at radius 2 is 1.86 bits per heavy atom. The summed E-state index contributed by atoms with van der Waals surface area (Å²) in [6, 6.07) is 10.3. The molecular weight excluding hydrogens is 366 g/mol. The molecule has 5 nitrogen and oxygen atoms in total. The van der Waals surface area contributed by atoms with Crippen LogP contribution in [-0.4, -0.2) is 18.7 Å². The number of rotatable bonds is 3. The summed E-state index contributed by atoms with van der Waals surface area (Å²) in [4.78, 5) is 14.8. The highest BCUT2D eigenvalue weighted by Crippen LogP contribution is 2.38. The zero-order chi connectivity index (χ0) is 20.0. The van der Waals surface area contributed by atoms with Crippen LogP contribution in [-0.2, 0) is 25.9 Å². The van der Waals surface area contributed by atoms with Gasteiger partial charge >= 0.3 is 5.63 Å². The number of hydrogen-bond donors (Lipinski definition) is 0. The molecule has 0 saturated carbocycles. The molecule has 0 fully saturated rings. The number of nitrogens with zero attached hydrogens (tertiary/aromatic N) is 1. The molecule has 2 aromatic carbocycles. The van der Waals surface area contributed by atoms with Crippen LogP contribution in [0.1, 0.15) is 40.7 Å². The first-order valence-corrected chi connectivity index (χ1v) is 10.2. The largest absolute Gasteiger partial charge is 0.497 e. The van der Waals surface area contributed by atoms with Gasteiger partial charge in [0.25, 0.3) is 0 Å². The molecule has 0 atom stereocenters. The van der Waals surface area contributed by atoms with Gasteiger partial charge in [-0.1, -0.05) is 12.1 Å². The van der Waals surface area contributed by atoms with E-state index in [1.165, 1.54) is 11.1 Å². The molecule has 0 radical (unpaired) electrons. The minimum absolute atomic E-state index is 0.174. The Kier molecular flexibility index (Phi) is 4.55. The van der Waals surface area contributed by atoms with Crippen molar-refractivity contribution >= 4 is 11.0 Å². The van der Waals surface area contributed by atoms with Gasteiger partial charge in [0, 0.05) is 35.2 Å². The van der Waals surface area contributed by atoms with Crippen LogP contribution in [0.25, 0.3) is 11.0 Å². The zero-order valence-electron chi connectivity index (χ0n) is 16.9. The summed E-state index contributed by atoms with van der Waals surface area (Å²) in [7, 11) is 1.68. The van der Waals surface area contributed by atoms with Crippen LogP contribution >= 0.6 is 0 Å². The summed E-state index contributed by atoms with van der Waals surface area (Å²) >= 11 is 0. The Morgan fingerprint density at radius 3 is 2.62 bits per heavy atom. The van der Waals surface area contributed by atoms with Crippen molar-refractivity contribution in [2.45, 2.75) is 45.7 Å². The number of hydrogen-bond acceptors (Lipinski definition) is 5. The predicted molar refractivity (Wildman–Crippen MR) is 112 cm³/mol. The second-order valence-corrected chi connectivity index (χ2v) is 8.03. The molecule has 29 heavy (non-hydrogen) atoms. The molecule has 3 aromatic rings. The number of aryl methyl sites for hydroxylation is 2. The molecule has 0 unspecified atom stereocenters. The predicted octanol–water partition coefficient (Wildman–Crippen LogP) is 4.34. The van der Waals surface area contributed by atoms with Gasteiger partial charge in [-0.25, -0.2) is 4.79 Å². The maximum Gasteiger partial charge on any atom is 0.339 e. The van der Waals surface area contributed by atoms with Crippen molar-refractivity contribution < 1.29 is 13.9 Å². The number of ether oxygens (including phenoxy) is 2. The highest BCUT2D eigenvalue weighted by Gasteiger charge is 2.25. The number of benzene rings is 2. The van der Waals surface area contributed by atoms with Crippen LogP contribution in [0.15, 0.2) is 39.5 Å². The van der Waals surface area contributed by atoms with Crippen molar-refractivity contribution in [2.75, 3.05) is 13.8 Å². The molecule has 0 N–H and O–H groups in total. The molecule has 0 amide bonds. The van der Waals surface area contributed by atoms with E-state index in [9.17, 15) is 4.79 Å². The minimum atomic E-state index is -0.174.